The third-order valence-electron chi connectivity index (χ3n) is 4.54. The normalized spacial score (nSPS) is 22.4. The van der Waals surface area contributed by atoms with E-state index in [0.717, 1.165) is 45.0 Å². The summed E-state index contributed by atoms with van der Waals surface area (Å²) in [6.07, 6.45) is 0. The highest BCUT2D eigenvalue weighted by atomic mass is 16.5. The number of piperazine rings is 1. The molecule has 3 rings (SSSR count). The summed E-state index contributed by atoms with van der Waals surface area (Å²) in [5, 5.41) is 3.24. The zero-order valence-corrected chi connectivity index (χ0v) is 14.4. The zero-order valence-electron chi connectivity index (χ0n) is 14.4. The molecule has 0 spiro atoms. The summed E-state index contributed by atoms with van der Waals surface area (Å²) in [5.41, 5.74) is 1.28. The van der Waals surface area contributed by atoms with Crippen LogP contribution in [0.15, 0.2) is 24.3 Å². The summed E-state index contributed by atoms with van der Waals surface area (Å²) in [6, 6.07) is 8.11. The maximum Gasteiger partial charge on any atom is 0.242 e. The van der Waals surface area contributed by atoms with Gasteiger partial charge in [-0.2, -0.15) is 0 Å². The summed E-state index contributed by atoms with van der Waals surface area (Å²) < 4.78 is 10.9. The second-order valence-corrected chi connectivity index (χ2v) is 6.26. The van der Waals surface area contributed by atoms with Crippen molar-refractivity contribution in [3.63, 3.8) is 0 Å². The molecule has 24 heavy (non-hydrogen) atoms. The van der Waals surface area contributed by atoms with Crippen LogP contribution in [0.2, 0.25) is 0 Å². The largest absolute Gasteiger partial charge is 0.494 e. The first-order chi connectivity index (χ1) is 11.8. The second-order valence-electron chi connectivity index (χ2n) is 6.26. The van der Waals surface area contributed by atoms with Crippen LogP contribution in [0.4, 0.5) is 0 Å². The molecule has 0 aliphatic carbocycles. The SMILES string of the molecule is CCOc1ccc(CN2CCN(C(=O)C3COCCN3)CC2)cc1. The molecule has 1 N–H and O–H groups in total. The molecule has 1 atom stereocenters. The minimum Gasteiger partial charge on any atom is -0.494 e. The lowest BCUT2D eigenvalue weighted by molar-refractivity contribution is -0.138. The van der Waals surface area contributed by atoms with E-state index in [1.807, 2.05) is 24.0 Å². The van der Waals surface area contributed by atoms with E-state index < -0.39 is 0 Å². The fourth-order valence-electron chi connectivity index (χ4n) is 3.19. The van der Waals surface area contributed by atoms with Gasteiger partial charge in [0.1, 0.15) is 11.8 Å². The number of nitrogens with one attached hydrogen (secondary N) is 1. The Hall–Kier alpha value is -1.63. The van der Waals surface area contributed by atoms with E-state index in [2.05, 4.69) is 22.3 Å². The van der Waals surface area contributed by atoms with E-state index in [9.17, 15) is 4.79 Å². The Morgan fingerprint density at radius 3 is 2.62 bits per heavy atom. The highest BCUT2D eigenvalue weighted by molar-refractivity contribution is 5.82. The molecule has 0 saturated carbocycles. The molecule has 1 aromatic carbocycles. The van der Waals surface area contributed by atoms with Gasteiger partial charge in [-0.15, -0.1) is 0 Å². The van der Waals surface area contributed by atoms with Crippen LogP contribution in [0, 0.1) is 0 Å². The number of carbonyl (C=O) groups is 1. The molecule has 2 aliphatic rings. The summed E-state index contributed by atoms with van der Waals surface area (Å²) in [6.45, 7) is 8.93. The molecule has 0 radical (unpaired) electrons. The first-order valence-corrected chi connectivity index (χ1v) is 8.80. The van der Waals surface area contributed by atoms with Crippen molar-refractivity contribution >= 4 is 5.91 Å². The van der Waals surface area contributed by atoms with Crippen molar-refractivity contribution in [1.82, 2.24) is 15.1 Å². The molecule has 2 fully saturated rings. The molecule has 1 aromatic rings. The van der Waals surface area contributed by atoms with Crippen LogP contribution in [-0.4, -0.2) is 74.3 Å². The van der Waals surface area contributed by atoms with Crippen molar-refractivity contribution in [3.8, 4) is 5.75 Å². The summed E-state index contributed by atoms with van der Waals surface area (Å²) in [7, 11) is 0. The maximum absolute atomic E-state index is 12.5. The number of benzene rings is 1. The number of ether oxygens (including phenoxy) is 2. The molecule has 132 valence electrons. The zero-order chi connectivity index (χ0) is 16.8. The van der Waals surface area contributed by atoms with Gasteiger partial charge in [0.25, 0.3) is 0 Å². The lowest BCUT2D eigenvalue weighted by atomic mass is 10.1. The molecule has 2 heterocycles. The van der Waals surface area contributed by atoms with Crippen molar-refractivity contribution in [2.45, 2.75) is 19.5 Å². The molecular weight excluding hydrogens is 306 g/mol. The van der Waals surface area contributed by atoms with Crippen LogP contribution < -0.4 is 10.1 Å². The van der Waals surface area contributed by atoms with Gasteiger partial charge in [-0.05, 0) is 24.6 Å². The summed E-state index contributed by atoms with van der Waals surface area (Å²) in [4.78, 5) is 16.8. The Kier molecular flexibility index (Phi) is 6.07. The number of nitrogens with zero attached hydrogens (tertiary/aromatic N) is 2. The van der Waals surface area contributed by atoms with Gasteiger partial charge >= 0.3 is 0 Å². The van der Waals surface area contributed by atoms with Gasteiger partial charge in [0.2, 0.25) is 5.91 Å². The van der Waals surface area contributed by atoms with Crippen molar-refractivity contribution in [3.05, 3.63) is 29.8 Å². The Balaban J connectivity index is 1.45. The van der Waals surface area contributed by atoms with Gasteiger partial charge in [0.05, 0.1) is 19.8 Å². The Bertz CT molecular complexity index is 521. The van der Waals surface area contributed by atoms with Gasteiger partial charge in [0.15, 0.2) is 0 Å². The highest BCUT2D eigenvalue weighted by Gasteiger charge is 2.28. The molecule has 2 aliphatic heterocycles. The fourth-order valence-corrected chi connectivity index (χ4v) is 3.19. The number of morpholine rings is 1. The smallest absolute Gasteiger partial charge is 0.242 e. The monoisotopic (exact) mass is 333 g/mol. The number of hydrogen-bond donors (Lipinski definition) is 1. The average Bonchev–Trinajstić information content (AvgIpc) is 2.64. The molecule has 6 heteroatoms. The first kappa shape index (κ1) is 17.2. The van der Waals surface area contributed by atoms with E-state index in [4.69, 9.17) is 9.47 Å². The maximum atomic E-state index is 12.5. The van der Waals surface area contributed by atoms with Crippen LogP contribution in [-0.2, 0) is 16.1 Å². The van der Waals surface area contributed by atoms with Gasteiger partial charge in [-0.1, -0.05) is 12.1 Å². The van der Waals surface area contributed by atoms with E-state index in [0.29, 0.717) is 19.8 Å². The minimum absolute atomic E-state index is 0.170. The van der Waals surface area contributed by atoms with Gasteiger partial charge in [-0.3, -0.25) is 9.69 Å². The van der Waals surface area contributed by atoms with Crippen molar-refractivity contribution in [2.75, 3.05) is 52.5 Å². The minimum atomic E-state index is -0.170. The quantitative estimate of drug-likeness (QED) is 0.860. The van der Waals surface area contributed by atoms with Crippen molar-refractivity contribution in [1.29, 1.82) is 0 Å². The van der Waals surface area contributed by atoms with Gasteiger partial charge in [-0.25, -0.2) is 0 Å². The Morgan fingerprint density at radius 2 is 2.00 bits per heavy atom. The number of rotatable bonds is 5. The second kappa shape index (κ2) is 8.46. The van der Waals surface area contributed by atoms with E-state index >= 15 is 0 Å². The van der Waals surface area contributed by atoms with E-state index in [-0.39, 0.29) is 11.9 Å². The van der Waals surface area contributed by atoms with E-state index in [1.165, 1.54) is 5.56 Å². The van der Waals surface area contributed by atoms with Crippen LogP contribution in [0.1, 0.15) is 12.5 Å². The molecular formula is C18H27N3O3. The van der Waals surface area contributed by atoms with Crippen molar-refractivity contribution < 1.29 is 14.3 Å². The highest BCUT2D eigenvalue weighted by Crippen LogP contribution is 2.15. The molecule has 0 aromatic heterocycles. The average molecular weight is 333 g/mol. The first-order valence-electron chi connectivity index (χ1n) is 8.80. The van der Waals surface area contributed by atoms with Crippen LogP contribution in [0.3, 0.4) is 0 Å². The standard InChI is InChI=1S/C18H27N3O3/c1-2-24-16-5-3-15(4-6-16)13-20-8-10-21(11-9-20)18(22)17-14-23-12-7-19-17/h3-6,17,19H,2,7-14H2,1H3. The summed E-state index contributed by atoms with van der Waals surface area (Å²) in [5.74, 6) is 1.09. The number of amides is 1. The number of hydrogen-bond acceptors (Lipinski definition) is 5. The van der Waals surface area contributed by atoms with Crippen LogP contribution in [0.25, 0.3) is 0 Å². The summed E-state index contributed by atoms with van der Waals surface area (Å²) >= 11 is 0. The Labute approximate surface area is 143 Å². The van der Waals surface area contributed by atoms with Gasteiger partial charge in [0, 0.05) is 39.3 Å². The predicted octanol–water partition coefficient (Wildman–Crippen LogP) is 0.718. The van der Waals surface area contributed by atoms with Crippen LogP contribution >= 0.6 is 0 Å². The molecule has 2 saturated heterocycles. The van der Waals surface area contributed by atoms with Gasteiger partial charge < -0.3 is 19.7 Å². The third kappa shape index (κ3) is 4.47. The molecule has 1 unspecified atom stereocenters. The topological polar surface area (TPSA) is 54.0 Å². The Morgan fingerprint density at radius 1 is 1.25 bits per heavy atom. The lowest BCUT2D eigenvalue weighted by Gasteiger charge is -2.37. The molecule has 0 bridgehead atoms. The lowest BCUT2D eigenvalue weighted by Crippen LogP contribution is -2.57. The third-order valence-corrected chi connectivity index (χ3v) is 4.54. The molecule has 6 nitrogen and oxygen atoms in total. The van der Waals surface area contributed by atoms with Crippen LogP contribution in [0.5, 0.6) is 5.75 Å². The molecule has 1 amide bonds. The number of carbonyl (C=O) groups excluding carboxylic acids is 1. The predicted molar refractivity (Wildman–Crippen MR) is 92.1 cm³/mol. The van der Waals surface area contributed by atoms with Crippen molar-refractivity contribution in [2.24, 2.45) is 0 Å². The van der Waals surface area contributed by atoms with E-state index in [1.54, 1.807) is 0 Å². The fraction of sp³-hybridized carbons (Fsp3) is 0.611.